The maximum absolute atomic E-state index is 13.5. The highest BCUT2D eigenvalue weighted by atomic mass is 79.9. The molecule has 1 aliphatic heterocycles. The van der Waals surface area contributed by atoms with Crippen molar-refractivity contribution >= 4 is 33.2 Å². The summed E-state index contributed by atoms with van der Waals surface area (Å²) in [5.41, 5.74) is 2.82. The smallest absolute Gasteiger partial charge is 0.263 e. The number of hydrogen-bond donors (Lipinski definition) is 1. The van der Waals surface area contributed by atoms with E-state index in [2.05, 4.69) is 21.2 Å². The fourth-order valence-corrected chi connectivity index (χ4v) is 4.19. The number of anilines is 2. The molecule has 1 aliphatic rings. The molecule has 1 heterocycles. The Morgan fingerprint density at radius 2 is 1.67 bits per heavy atom. The van der Waals surface area contributed by atoms with Crippen molar-refractivity contribution in [2.24, 2.45) is 0 Å². The zero-order valence-corrected chi connectivity index (χ0v) is 19.1. The summed E-state index contributed by atoms with van der Waals surface area (Å²) >= 11 is 3.40. The summed E-state index contributed by atoms with van der Waals surface area (Å²) in [6, 6.07) is 18.0. The molecule has 1 amide bonds. The average Bonchev–Trinajstić information content (AvgIpc) is 2.79. The molecule has 33 heavy (non-hydrogen) atoms. The standard InChI is InChI=1S/C25H21BrF4N2O/c26-18-8-9-21(22(14-18)16-4-6-17(7-5-16)23(27)28)24(33)31-19-2-1-3-20(15-19)32-12-10-25(29,30)11-13-32/h1-9,14-15,23H,10-13H2,(H,31,33). The molecule has 0 unspecified atom stereocenters. The van der Waals surface area contributed by atoms with E-state index in [9.17, 15) is 22.4 Å². The number of amides is 1. The van der Waals surface area contributed by atoms with Crippen LogP contribution in [0.2, 0.25) is 0 Å². The lowest BCUT2D eigenvalue weighted by molar-refractivity contribution is -0.0220. The second kappa shape index (κ2) is 9.55. The van der Waals surface area contributed by atoms with E-state index in [0.29, 0.717) is 22.4 Å². The number of halogens is 5. The van der Waals surface area contributed by atoms with E-state index in [1.54, 1.807) is 48.5 Å². The van der Waals surface area contributed by atoms with Crippen molar-refractivity contribution in [2.45, 2.75) is 25.2 Å². The molecule has 1 saturated heterocycles. The lowest BCUT2D eigenvalue weighted by atomic mass is 9.98. The van der Waals surface area contributed by atoms with Crippen molar-refractivity contribution in [3.05, 3.63) is 82.3 Å². The first-order valence-electron chi connectivity index (χ1n) is 10.4. The van der Waals surface area contributed by atoms with Gasteiger partial charge in [-0.2, -0.15) is 0 Å². The minimum atomic E-state index is -2.63. The van der Waals surface area contributed by atoms with Gasteiger partial charge in [0.1, 0.15) is 0 Å². The van der Waals surface area contributed by atoms with Crippen molar-refractivity contribution in [1.82, 2.24) is 0 Å². The third-order valence-electron chi connectivity index (χ3n) is 5.66. The molecule has 0 spiro atoms. The van der Waals surface area contributed by atoms with E-state index < -0.39 is 12.3 Å². The highest BCUT2D eigenvalue weighted by Gasteiger charge is 2.34. The molecule has 1 fully saturated rings. The molecule has 172 valence electrons. The van der Waals surface area contributed by atoms with Crippen LogP contribution in [-0.2, 0) is 0 Å². The third-order valence-corrected chi connectivity index (χ3v) is 6.16. The van der Waals surface area contributed by atoms with Crippen LogP contribution in [0.15, 0.2) is 71.2 Å². The van der Waals surface area contributed by atoms with Gasteiger partial charge in [0.15, 0.2) is 0 Å². The number of nitrogens with one attached hydrogen (secondary N) is 1. The Kier molecular flexibility index (Phi) is 6.74. The summed E-state index contributed by atoms with van der Waals surface area (Å²) in [6.07, 6.45) is -2.96. The molecule has 0 radical (unpaired) electrons. The fraction of sp³-hybridized carbons (Fsp3) is 0.240. The molecule has 0 bridgehead atoms. The first-order valence-corrected chi connectivity index (χ1v) is 11.2. The molecule has 4 rings (SSSR count). The van der Waals surface area contributed by atoms with Gasteiger partial charge in [-0.1, -0.05) is 46.3 Å². The van der Waals surface area contributed by atoms with Crippen molar-refractivity contribution in [2.75, 3.05) is 23.3 Å². The summed E-state index contributed by atoms with van der Waals surface area (Å²) in [4.78, 5) is 15.0. The van der Waals surface area contributed by atoms with Crippen LogP contribution in [-0.4, -0.2) is 24.9 Å². The van der Waals surface area contributed by atoms with E-state index in [1.165, 1.54) is 12.1 Å². The number of piperidine rings is 1. The van der Waals surface area contributed by atoms with E-state index in [-0.39, 0.29) is 37.4 Å². The van der Waals surface area contributed by atoms with Crippen molar-refractivity contribution in [1.29, 1.82) is 0 Å². The average molecular weight is 521 g/mol. The van der Waals surface area contributed by atoms with Crippen molar-refractivity contribution in [3.8, 4) is 11.1 Å². The zero-order chi connectivity index (χ0) is 23.6. The largest absolute Gasteiger partial charge is 0.371 e. The van der Waals surface area contributed by atoms with Gasteiger partial charge < -0.3 is 10.2 Å². The maximum atomic E-state index is 13.5. The second-order valence-corrected chi connectivity index (χ2v) is 8.88. The lowest BCUT2D eigenvalue weighted by Crippen LogP contribution is -2.39. The van der Waals surface area contributed by atoms with Crippen LogP contribution in [0.25, 0.3) is 11.1 Å². The summed E-state index contributed by atoms with van der Waals surface area (Å²) in [5.74, 6) is -2.99. The van der Waals surface area contributed by atoms with Crippen LogP contribution in [0.5, 0.6) is 0 Å². The topological polar surface area (TPSA) is 32.3 Å². The number of rotatable bonds is 5. The van der Waals surface area contributed by atoms with E-state index in [4.69, 9.17) is 0 Å². The summed E-state index contributed by atoms with van der Waals surface area (Å²) < 4.78 is 53.5. The molecular weight excluding hydrogens is 500 g/mol. The van der Waals surface area contributed by atoms with Gasteiger partial charge in [-0.3, -0.25) is 4.79 Å². The van der Waals surface area contributed by atoms with Crippen LogP contribution in [0.3, 0.4) is 0 Å². The Labute approximate surface area is 197 Å². The van der Waals surface area contributed by atoms with Crippen LogP contribution in [0, 0.1) is 0 Å². The summed E-state index contributed by atoms with van der Waals surface area (Å²) in [5, 5.41) is 2.86. The number of alkyl halides is 4. The number of nitrogens with zero attached hydrogens (tertiary/aromatic N) is 1. The Bertz CT molecular complexity index is 1140. The molecule has 1 N–H and O–H groups in total. The van der Waals surface area contributed by atoms with Crippen LogP contribution >= 0.6 is 15.9 Å². The quantitative estimate of drug-likeness (QED) is 0.352. The molecule has 0 saturated carbocycles. The van der Waals surface area contributed by atoms with Crippen LogP contribution < -0.4 is 10.2 Å². The SMILES string of the molecule is O=C(Nc1cccc(N2CCC(F)(F)CC2)c1)c1ccc(Br)cc1-c1ccc(C(F)F)cc1. The predicted octanol–water partition coefficient (Wildman–Crippen LogP) is 7.54. The monoisotopic (exact) mass is 520 g/mol. The predicted molar refractivity (Wildman–Crippen MR) is 125 cm³/mol. The van der Waals surface area contributed by atoms with E-state index in [1.807, 2.05) is 11.0 Å². The minimum Gasteiger partial charge on any atom is -0.371 e. The number of carbonyl (C=O) groups excluding carboxylic acids is 1. The Morgan fingerprint density at radius 3 is 2.33 bits per heavy atom. The molecule has 3 aromatic rings. The van der Waals surface area contributed by atoms with Gasteiger partial charge >= 0.3 is 0 Å². The maximum Gasteiger partial charge on any atom is 0.263 e. The van der Waals surface area contributed by atoms with Crippen molar-refractivity contribution in [3.63, 3.8) is 0 Å². The van der Waals surface area contributed by atoms with Crippen LogP contribution in [0.4, 0.5) is 28.9 Å². The zero-order valence-electron chi connectivity index (χ0n) is 17.5. The highest BCUT2D eigenvalue weighted by Crippen LogP contribution is 2.32. The van der Waals surface area contributed by atoms with Crippen LogP contribution in [0.1, 0.15) is 35.2 Å². The van der Waals surface area contributed by atoms with Gasteiger partial charge in [0.2, 0.25) is 0 Å². The Hall–Kier alpha value is -2.87. The van der Waals surface area contributed by atoms with Gasteiger partial charge in [0.25, 0.3) is 18.3 Å². The fourth-order valence-electron chi connectivity index (χ4n) is 3.83. The summed E-state index contributed by atoms with van der Waals surface area (Å²) in [6.45, 7) is 0.492. The third kappa shape index (κ3) is 5.55. The van der Waals surface area contributed by atoms with Crippen molar-refractivity contribution < 1.29 is 22.4 Å². The second-order valence-electron chi connectivity index (χ2n) is 7.96. The molecular formula is C25H21BrF4N2O. The molecule has 0 aromatic heterocycles. The minimum absolute atomic E-state index is 0.0907. The first kappa shape index (κ1) is 23.3. The Morgan fingerprint density at radius 1 is 0.970 bits per heavy atom. The number of hydrogen-bond acceptors (Lipinski definition) is 2. The molecule has 3 aromatic carbocycles. The molecule has 3 nitrogen and oxygen atoms in total. The van der Waals surface area contributed by atoms with E-state index in [0.717, 1.165) is 10.2 Å². The summed E-state index contributed by atoms with van der Waals surface area (Å²) in [7, 11) is 0. The van der Waals surface area contributed by atoms with E-state index >= 15 is 0 Å². The number of benzene rings is 3. The van der Waals surface area contributed by atoms with Gasteiger partial charge in [-0.15, -0.1) is 0 Å². The van der Waals surface area contributed by atoms with Gasteiger partial charge in [0.05, 0.1) is 0 Å². The normalized spacial score (nSPS) is 15.5. The first-order chi connectivity index (χ1) is 15.7. The Balaban J connectivity index is 1.56. The highest BCUT2D eigenvalue weighted by molar-refractivity contribution is 9.10. The van der Waals surface area contributed by atoms with Gasteiger partial charge in [-0.25, -0.2) is 17.6 Å². The van der Waals surface area contributed by atoms with Gasteiger partial charge in [0, 0.05) is 52.9 Å². The number of carbonyl (C=O) groups is 1. The lowest BCUT2D eigenvalue weighted by Gasteiger charge is -2.33. The molecule has 8 heteroatoms. The molecule has 0 atom stereocenters. The molecule has 0 aliphatic carbocycles. The van der Waals surface area contributed by atoms with Gasteiger partial charge in [-0.05, 0) is 47.5 Å².